The largest absolute Gasteiger partial charge is 0.214 e. The Balaban J connectivity index is 2.32. The van der Waals surface area contributed by atoms with Gasteiger partial charge in [0.05, 0.1) is 5.75 Å². The van der Waals surface area contributed by atoms with Crippen molar-refractivity contribution in [2.24, 2.45) is 0 Å². The van der Waals surface area contributed by atoms with Gasteiger partial charge in [0.15, 0.2) is 0 Å². The van der Waals surface area contributed by atoms with E-state index in [4.69, 9.17) is 0 Å². The predicted octanol–water partition coefficient (Wildman–Crippen LogP) is 3.65. The Morgan fingerprint density at radius 3 is 2.50 bits per heavy atom. The average molecular weight is 295 g/mol. The maximum Gasteiger partial charge on any atom is 0.214 e. The first-order valence-electron chi connectivity index (χ1n) is 7.60. The fraction of sp³-hybridized carbons (Fsp3) is 0.625. The highest BCUT2D eigenvalue weighted by Gasteiger charge is 2.31. The molecule has 0 spiro atoms. The van der Waals surface area contributed by atoms with Crippen molar-refractivity contribution in [3.63, 3.8) is 0 Å². The minimum absolute atomic E-state index is 0.0228. The molecule has 1 aromatic rings. The van der Waals surface area contributed by atoms with E-state index < -0.39 is 10.0 Å². The summed E-state index contributed by atoms with van der Waals surface area (Å²) in [6.07, 6.45) is 4.83. The number of hydrogen-bond donors (Lipinski definition) is 0. The zero-order valence-corrected chi connectivity index (χ0v) is 13.3. The molecule has 1 aliphatic heterocycles. The smallest absolute Gasteiger partial charge is 0.212 e. The Bertz CT molecular complexity index is 522. The highest BCUT2D eigenvalue weighted by atomic mass is 32.2. The van der Waals surface area contributed by atoms with E-state index in [2.05, 4.69) is 31.2 Å². The van der Waals surface area contributed by atoms with Crippen molar-refractivity contribution < 1.29 is 8.42 Å². The molecule has 0 radical (unpaired) electrons. The number of hydrogen-bond acceptors (Lipinski definition) is 2. The zero-order valence-electron chi connectivity index (χ0n) is 12.5. The molecule has 1 atom stereocenters. The van der Waals surface area contributed by atoms with Crippen LogP contribution in [0.1, 0.15) is 56.2 Å². The van der Waals surface area contributed by atoms with E-state index in [1.165, 1.54) is 5.56 Å². The quantitative estimate of drug-likeness (QED) is 0.850. The van der Waals surface area contributed by atoms with E-state index in [1.54, 1.807) is 4.31 Å². The van der Waals surface area contributed by atoms with E-state index in [9.17, 15) is 8.42 Å². The van der Waals surface area contributed by atoms with Crippen LogP contribution < -0.4 is 0 Å². The van der Waals surface area contributed by atoms with Crippen LogP contribution in [0.25, 0.3) is 0 Å². The highest BCUT2D eigenvalue weighted by molar-refractivity contribution is 7.89. The van der Waals surface area contributed by atoms with Crippen LogP contribution in [0.5, 0.6) is 0 Å². The summed E-state index contributed by atoms with van der Waals surface area (Å²) in [7, 11) is -3.13. The number of benzene rings is 1. The topological polar surface area (TPSA) is 37.4 Å². The normalized spacial score (nSPS) is 21.6. The Morgan fingerprint density at radius 2 is 1.85 bits per heavy atom. The van der Waals surface area contributed by atoms with Crippen LogP contribution in [0.2, 0.25) is 0 Å². The van der Waals surface area contributed by atoms with Gasteiger partial charge in [0.25, 0.3) is 0 Å². The van der Waals surface area contributed by atoms with Gasteiger partial charge in [-0.25, -0.2) is 8.42 Å². The van der Waals surface area contributed by atoms with Crippen LogP contribution in [0, 0.1) is 6.92 Å². The summed E-state index contributed by atoms with van der Waals surface area (Å²) in [5.74, 6) is 0.259. The molecular weight excluding hydrogens is 270 g/mol. The number of nitrogens with zero attached hydrogens (tertiary/aromatic N) is 1. The fourth-order valence-electron chi connectivity index (χ4n) is 2.91. The molecule has 1 aliphatic rings. The van der Waals surface area contributed by atoms with Crippen LogP contribution >= 0.6 is 0 Å². The minimum Gasteiger partial charge on any atom is -0.212 e. The molecule has 2 rings (SSSR count). The second kappa shape index (κ2) is 6.72. The summed E-state index contributed by atoms with van der Waals surface area (Å²) >= 11 is 0. The predicted molar refractivity (Wildman–Crippen MR) is 83.2 cm³/mol. The first-order chi connectivity index (χ1) is 9.54. The van der Waals surface area contributed by atoms with E-state index in [1.807, 2.05) is 6.92 Å². The van der Waals surface area contributed by atoms with Crippen LogP contribution in [0.4, 0.5) is 0 Å². The van der Waals surface area contributed by atoms with Gasteiger partial charge in [-0.3, -0.25) is 0 Å². The van der Waals surface area contributed by atoms with E-state index in [-0.39, 0.29) is 11.8 Å². The summed E-state index contributed by atoms with van der Waals surface area (Å²) < 4.78 is 26.8. The first-order valence-corrected chi connectivity index (χ1v) is 9.21. The van der Waals surface area contributed by atoms with Gasteiger partial charge >= 0.3 is 0 Å². The molecule has 1 aromatic carbocycles. The lowest BCUT2D eigenvalue weighted by molar-refractivity contribution is 0.329. The lowest BCUT2D eigenvalue weighted by atomic mass is 10.0. The molecule has 1 heterocycles. The lowest BCUT2D eigenvalue weighted by Crippen LogP contribution is -2.36. The number of rotatable bonds is 4. The van der Waals surface area contributed by atoms with Gasteiger partial charge in [0, 0.05) is 12.6 Å². The van der Waals surface area contributed by atoms with Crippen molar-refractivity contribution in [3.05, 3.63) is 35.4 Å². The molecule has 0 aliphatic carbocycles. The zero-order chi connectivity index (χ0) is 14.6. The SMILES string of the molecule is CCCS(=O)(=O)N1CCCCC[C@H]1c1ccc(C)cc1. The van der Waals surface area contributed by atoms with Gasteiger partial charge in [0.1, 0.15) is 0 Å². The molecule has 0 aromatic heterocycles. The Hall–Kier alpha value is -0.870. The van der Waals surface area contributed by atoms with Crippen molar-refractivity contribution in [2.45, 2.75) is 52.0 Å². The molecule has 1 fully saturated rings. The first kappa shape index (κ1) is 15.5. The molecule has 1 saturated heterocycles. The van der Waals surface area contributed by atoms with Crippen molar-refractivity contribution in [3.8, 4) is 0 Å². The van der Waals surface area contributed by atoms with Crippen molar-refractivity contribution in [1.29, 1.82) is 0 Å². The summed E-state index contributed by atoms with van der Waals surface area (Å²) in [5.41, 5.74) is 2.35. The summed E-state index contributed by atoms with van der Waals surface area (Å²) in [4.78, 5) is 0. The molecule has 0 N–H and O–H groups in total. The molecule has 4 heteroatoms. The summed E-state index contributed by atoms with van der Waals surface area (Å²) in [6, 6.07) is 8.34. The number of aryl methyl sites for hydroxylation is 1. The molecular formula is C16H25NO2S. The molecule has 0 unspecified atom stereocenters. The van der Waals surface area contributed by atoms with E-state index in [0.29, 0.717) is 13.0 Å². The third-order valence-electron chi connectivity index (χ3n) is 3.99. The Morgan fingerprint density at radius 1 is 1.15 bits per heavy atom. The van der Waals surface area contributed by atoms with Gasteiger partial charge in [-0.1, -0.05) is 49.6 Å². The Labute approximate surface area is 123 Å². The third kappa shape index (κ3) is 3.61. The van der Waals surface area contributed by atoms with Gasteiger partial charge in [-0.15, -0.1) is 0 Å². The highest BCUT2D eigenvalue weighted by Crippen LogP contribution is 2.32. The number of sulfonamides is 1. The summed E-state index contributed by atoms with van der Waals surface area (Å²) in [5, 5.41) is 0. The van der Waals surface area contributed by atoms with E-state index >= 15 is 0 Å². The standard InChI is InChI=1S/C16H25NO2S/c1-3-13-20(18,19)17-12-6-4-5-7-16(17)15-10-8-14(2)9-11-15/h8-11,16H,3-7,12-13H2,1-2H3/t16-/m0/s1. The van der Waals surface area contributed by atoms with Gasteiger partial charge in [-0.2, -0.15) is 4.31 Å². The molecule has 20 heavy (non-hydrogen) atoms. The second-order valence-electron chi connectivity index (χ2n) is 5.70. The average Bonchev–Trinajstić information content (AvgIpc) is 2.65. The van der Waals surface area contributed by atoms with Crippen molar-refractivity contribution >= 4 is 10.0 Å². The fourth-order valence-corrected chi connectivity index (χ4v) is 4.68. The lowest BCUT2D eigenvalue weighted by Gasteiger charge is -2.29. The molecule has 0 bridgehead atoms. The van der Waals surface area contributed by atoms with Gasteiger partial charge in [0.2, 0.25) is 10.0 Å². The van der Waals surface area contributed by atoms with E-state index in [0.717, 1.165) is 31.2 Å². The summed E-state index contributed by atoms with van der Waals surface area (Å²) in [6.45, 7) is 4.65. The van der Waals surface area contributed by atoms with Crippen LogP contribution in [-0.4, -0.2) is 25.0 Å². The maximum atomic E-state index is 12.5. The van der Waals surface area contributed by atoms with Crippen molar-refractivity contribution in [1.82, 2.24) is 4.31 Å². The molecule has 112 valence electrons. The van der Waals surface area contributed by atoms with Crippen LogP contribution in [-0.2, 0) is 10.0 Å². The monoisotopic (exact) mass is 295 g/mol. The third-order valence-corrected chi connectivity index (χ3v) is 6.06. The molecule has 0 amide bonds. The minimum atomic E-state index is -3.13. The maximum absolute atomic E-state index is 12.5. The van der Waals surface area contributed by atoms with Crippen LogP contribution in [0.15, 0.2) is 24.3 Å². The van der Waals surface area contributed by atoms with Crippen LogP contribution in [0.3, 0.4) is 0 Å². The van der Waals surface area contributed by atoms with Gasteiger partial charge in [-0.05, 0) is 31.7 Å². The Kier molecular flexibility index (Phi) is 5.22. The molecule has 0 saturated carbocycles. The van der Waals surface area contributed by atoms with Crippen molar-refractivity contribution in [2.75, 3.05) is 12.3 Å². The second-order valence-corrected chi connectivity index (χ2v) is 7.74. The van der Waals surface area contributed by atoms with Gasteiger partial charge < -0.3 is 0 Å². The molecule has 3 nitrogen and oxygen atoms in total.